The monoisotopic (exact) mass is 277 g/mol. The number of amidine groups is 1. The van der Waals surface area contributed by atoms with Gasteiger partial charge in [-0.2, -0.15) is 0 Å². The van der Waals surface area contributed by atoms with E-state index in [-0.39, 0.29) is 5.69 Å². The fourth-order valence-corrected chi connectivity index (χ4v) is 1.94. The number of halogens is 4. The van der Waals surface area contributed by atoms with Crippen LogP contribution in [0.1, 0.15) is 5.56 Å². The predicted molar refractivity (Wildman–Crippen MR) is 61.0 cm³/mol. The summed E-state index contributed by atoms with van der Waals surface area (Å²) < 4.78 is 59.0. The van der Waals surface area contributed by atoms with Gasteiger partial charge in [0.2, 0.25) is 5.60 Å². The van der Waals surface area contributed by atoms with Crippen molar-refractivity contribution in [2.24, 2.45) is 10.7 Å². The summed E-state index contributed by atoms with van der Waals surface area (Å²) >= 11 is 0. The zero-order valence-corrected chi connectivity index (χ0v) is 9.62. The van der Waals surface area contributed by atoms with Crippen LogP contribution in [0.3, 0.4) is 0 Å². The Kier molecular flexibility index (Phi) is 3.25. The molecule has 0 radical (unpaired) electrons. The minimum atomic E-state index is -3.34. The molecule has 0 spiro atoms. The number of ether oxygens (including phenoxy) is 1. The molecule has 1 aliphatic rings. The van der Waals surface area contributed by atoms with E-state index < -0.39 is 42.1 Å². The lowest BCUT2D eigenvalue weighted by atomic mass is 9.87. The van der Waals surface area contributed by atoms with Crippen LogP contribution in [0.2, 0.25) is 0 Å². The van der Waals surface area contributed by atoms with Gasteiger partial charge in [0.25, 0.3) is 12.4 Å². The Morgan fingerprint density at radius 1 is 1.37 bits per heavy atom. The third-order valence-electron chi connectivity index (χ3n) is 2.88. The molecular formula is C11H11F4N3O. The van der Waals surface area contributed by atoms with E-state index in [9.17, 15) is 17.6 Å². The smallest absolute Gasteiger partial charge is 0.285 e. The van der Waals surface area contributed by atoms with Crippen LogP contribution in [0.5, 0.6) is 0 Å². The molecule has 0 fully saturated rings. The van der Waals surface area contributed by atoms with Crippen LogP contribution < -0.4 is 11.5 Å². The lowest BCUT2D eigenvalue weighted by Crippen LogP contribution is -2.53. The Morgan fingerprint density at radius 2 is 2.05 bits per heavy atom. The summed E-state index contributed by atoms with van der Waals surface area (Å²) in [6, 6.07) is 2.33. The van der Waals surface area contributed by atoms with Crippen LogP contribution in [-0.4, -0.2) is 25.2 Å². The van der Waals surface area contributed by atoms with E-state index in [0.29, 0.717) is 0 Å². The van der Waals surface area contributed by atoms with E-state index in [1.54, 1.807) is 0 Å². The van der Waals surface area contributed by atoms with Gasteiger partial charge >= 0.3 is 0 Å². The number of nitrogens with zero attached hydrogens (tertiary/aromatic N) is 1. The summed E-state index contributed by atoms with van der Waals surface area (Å²) in [4.78, 5) is 3.38. The number of hydrogen-bond acceptors (Lipinski definition) is 4. The van der Waals surface area contributed by atoms with Crippen molar-refractivity contribution in [3.8, 4) is 0 Å². The number of aliphatic imine (C=N–C) groups is 1. The first-order valence-electron chi connectivity index (χ1n) is 5.34. The highest BCUT2D eigenvalue weighted by atomic mass is 19.3. The first-order chi connectivity index (χ1) is 8.87. The Balaban J connectivity index is 2.63. The van der Waals surface area contributed by atoms with Gasteiger partial charge in [0.15, 0.2) is 6.17 Å². The molecule has 104 valence electrons. The van der Waals surface area contributed by atoms with Crippen molar-refractivity contribution < 1.29 is 22.3 Å². The number of hydrogen-bond donors (Lipinski definition) is 2. The molecule has 4 N–H and O–H groups in total. The highest BCUT2D eigenvalue weighted by Crippen LogP contribution is 2.41. The zero-order chi connectivity index (χ0) is 14.2. The average molecular weight is 277 g/mol. The molecule has 0 amide bonds. The van der Waals surface area contributed by atoms with Crippen molar-refractivity contribution in [2.45, 2.75) is 18.2 Å². The van der Waals surface area contributed by atoms with E-state index in [4.69, 9.17) is 11.5 Å². The zero-order valence-electron chi connectivity index (χ0n) is 9.62. The molecule has 0 saturated carbocycles. The number of nitrogens with two attached hydrogens (primary N) is 2. The van der Waals surface area contributed by atoms with Crippen LogP contribution in [0.25, 0.3) is 0 Å². The number of benzene rings is 1. The molecule has 1 aliphatic heterocycles. The molecule has 0 saturated heterocycles. The van der Waals surface area contributed by atoms with Crippen LogP contribution in [0.4, 0.5) is 23.2 Å². The number of nitrogen functional groups attached to an aromatic ring is 1. The topological polar surface area (TPSA) is 73.6 Å². The van der Waals surface area contributed by atoms with Gasteiger partial charge in [-0.3, -0.25) is 0 Å². The molecule has 0 aromatic heterocycles. The third kappa shape index (κ3) is 2.06. The fraction of sp³-hybridized carbons (Fsp3) is 0.364. The maximum atomic E-state index is 13.9. The minimum absolute atomic E-state index is 0.00769. The molecule has 0 bridgehead atoms. The first-order valence-corrected chi connectivity index (χ1v) is 5.34. The largest absolute Gasteiger partial charge is 0.444 e. The second-order valence-corrected chi connectivity index (χ2v) is 4.08. The Morgan fingerprint density at radius 3 is 2.68 bits per heavy atom. The van der Waals surface area contributed by atoms with Crippen molar-refractivity contribution in [1.29, 1.82) is 0 Å². The van der Waals surface area contributed by atoms with E-state index in [1.807, 2.05) is 0 Å². The average Bonchev–Trinajstić information content (AvgIpc) is 2.35. The normalized spacial score (nSPS) is 27.0. The molecule has 0 unspecified atom stereocenters. The van der Waals surface area contributed by atoms with Gasteiger partial charge < -0.3 is 16.2 Å². The maximum absolute atomic E-state index is 13.9. The van der Waals surface area contributed by atoms with Gasteiger partial charge in [0.1, 0.15) is 5.82 Å². The van der Waals surface area contributed by atoms with Gasteiger partial charge in [-0.05, 0) is 18.2 Å². The van der Waals surface area contributed by atoms with Gasteiger partial charge in [-0.15, -0.1) is 0 Å². The molecule has 0 aliphatic carbocycles. The van der Waals surface area contributed by atoms with Crippen molar-refractivity contribution in [2.75, 3.05) is 12.3 Å². The predicted octanol–water partition coefficient (Wildman–Crippen LogP) is 1.55. The van der Waals surface area contributed by atoms with E-state index >= 15 is 0 Å². The van der Waals surface area contributed by atoms with E-state index in [2.05, 4.69) is 9.73 Å². The van der Waals surface area contributed by atoms with Crippen molar-refractivity contribution >= 4 is 11.7 Å². The van der Waals surface area contributed by atoms with Crippen molar-refractivity contribution in [3.05, 3.63) is 29.6 Å². The highest BCUT2D eigenvalue weighted by molar-refractivity contribution is 5.73. The van der Waals surface area contributed by atoms with Crippen LogP contribution >= 0.6 is 0 Å². The van der Waals surface area contributed by atoms with Gasteiger partial charge in [0.05, 0.1) is 6.54 Å². The molecule has 19 heavy (non-hydrogen) atoms. The molecule has 8 heteroatoms. The molecule has 1 aromatic rings. The number of anilines is 1. The second-order valence-electron chi connectivity index (χ2n) is 4.08. The Bertz CT molecular complexity index is 523. The second kappa shape index (κ2) is 4.60. The van der Waals surface area contributed by atoms with Gasteiger partial charge in [-0.1, -0.05) is 0 Å². The lowest BCUT2D eigenvalue weighted by molar-refractivity contribution is -0.142. The molecule has 1 aromatic carbocycles. The minimum Gasteiger partial charge on any atom is -0.444 e. The quantitative estimate of drug-likeness (QED) is 0.636. The summed E-state index contributed by atoms with van der Waals surface area (Å²) in [5.74, 6) is -1.05. The van der Waals surface area contributed by atoms with Crippen molar-refractivity contribution in [3.63, 3.8) is 0 Å². The Hall–Kier alpha value is -1.99. The summed E-state index contributed by atoms with van der Waals surface area (Å²) in [6.45, 7) is -0.635. The molecular weight excluding hydrogens is 266 g/mol. The van der Waals surface area contributed by atoms with Gasteiger partial charge in [-0.25, -0.2) is 22.6 Å². The van der Waals surface area contributed by atoms with E-state index in [0.717, 1.165) is 12.1 Å². The SMILES string of the molecule is NC1=NC[C@H](F)[C@](c2cc(N)ccc2F)(C(F)F)O1. The molecule has 1 heterocycles. The van der Waals surface area contributed by atoms with Crippen molar-refractivity contribution in [1.82, 2.24) is 0 Å². The standard InChI is InChI=1S/C11H11F4N3O/c12-7-2-1-5(16)3-6(7)11(9(14)15)8(13)4-18-10(17)19-11/h1-3,8-9H,4,16H2,(H2,17,18)/t8-,11+/m0/s1. The summed E-state index contributed by atoms with van der Waals surface area (Å²) in [5, 5.41) is 0. The van der Waals surface area contributed by atoms with E-state index in [1.165, 1.54) is 6.07 Å². The third-order valence-corrected chi connectivity index (χ3v) is 2.88. The summed E-state index contributed by atoms with van der Waals surface area (Å²) in [5.41, 5.74) is 7.14. The Labute approximate surface area is 106 Å². The van der Waals surface area contributed by atoms with Crippen LogP contribution in [-0.2, 0) is 10.3 Å². The highest BCUT2D eigenvalue weighted by Gasteiger charge is 2.55. The maximum Gasteiger partial charge on any atom is 0.285 e. The molecule has 2 atom stereocenters. The van der Waals surface area contributed by atoms with Crippen LogP contribution in [0, 0.1) is 5.82 Å². The number of alkyl halides is 3. The molecule has 4 nitrogen and oxygen atoms in total. The summed E-state index contributed by atoms with van der Waals surface area (Å²) in [7, 11) is 0. The number of rotatable bonds is 2. The summed E-state index contributed by atoms with van der Waals surface area (Å²) in [6.07, 6.45) is -5.58. The molecule has 2 rings (SSSR count). The fourth-order valence-electron chi connectivity index (χ4n) is 1.94. The first kappa shape index (κ1) is 13.4. The van der Waals surface area contributed by atoms with Gasteiger partial charge in [0, 0.05) is 11.3 Å². The lowest BCUT2D eigenvalue weighted by Gasteiger charge is -2.38. The van der Waals surface area contributed by atoms with Crippen LogP contribution in [0.15, 0.2) is 23.2 Å².